The Kier molecular flexibility index (Phi) is 4.62. The van der Waals surface area contributed by atoms with E-state index in [0.29, 0.717) is 27.8 Å². The van der Waals surface area contributed by atoms with E-state index in [1.54, 1.807) is 13.1 Å². The molecule has 0 atom stereocenters. The number of benzene rings is 1. The second kappa shape index (κ2) is 6.26. The lowest BCUT2D eigenvalue weighted by Crippen LogP contribution is -2.12. The molecule has 0 aliphatic heterocycles. The number of nitrogens with zero attached hydrogens (tertiary/aromatic N) is 2. The molecular weight excluding hydrogens is 341 g/mol. The lowest BCUT2D eigenvalue weighted by atomic mass is 10.2. The number of hydrogen-bond donors (Lipinski definition) is 1. The van der Waals surface area contributed by atoms with Crippen LogP contribution in [0.15, 0.2) is 22.7 Å². The van der Waals surface area contributed by atoms with Crippen LogP contribution in [0.25, 0.3) is 0 Å². The summed E-state index contributed by atoms with van der Waals surface area (Å²) < 4.78 is 20.2. The maximum atomic E-state index is 13.0. The van der Waals surface area contributed by atoms with Crippen LogP contribution in [0.3, 0.4) is 0 Å². The molecule has 1 heterocycles. The van der Waals surface area contributed by atoms with Crippen molar-refractivity contribution in [2.45, 2.75) is 20.0 Å². The third-order valence-corrected chi connectivity index (χ3v) is 3.80. The van der Waals surface area contributed by atoms with E-state index in [1.807, 2.05) is 6.92 Å². The molecule has 2 N–H and O–H groups in total. The third kappa shape index (κ3) is 3.24. The van der Waals surface area contributed by atoms with Gasteiger partial charge in [-0.25, -0.2) is 9.18 Å². The molecule has 0 amide bonds. The molecule has 0 unspecified atom stereocenters. The average molecular weight is 356 g/mol. The smallest absolute Gasteiger partial charge is 0.359 e. The van der Waals surface area contributed by atoms with Gasteiger partial charge in [0, 0.05) is 17.1 Å². The number of nitrogens with two attached hydrogens (primary N) is 1. The fourth-order valence-corrected chi connectivity index (χ4v) is 2.41. The van der Waals surface area contributed by atoms with Crippen molar-refractivity contribution in [2.75, 3.05) is 5.73 Å². The van der Waals surface area contributed by atoms with Gasteiger partial charge < -0.3 is 10.5 Å². The molecule has 0 aliphatic carbocycles. The molecule has 1 aromatic heterocycles. The summed E-state index contributed by atoms with van der Waals surface area (Å²) in [6.45, 7) is 1.93. The van der Waals surface area contributed by atoms with Gasteiger partial charge in [-0.1, -0.05) is 28.9 Å². The summed E-state index contributed by atoms with van der Waals surface area (Å²) in [5.41, 5.74) is 7.78. The Morgan fingerprint density at radius 1 is 1.52 bits per heavy atom. The number of carbonyl (C=O) groups is 1. The molecule has 21 heavy (non-hydrogen) atoms. The second-order valence-corrected chi connectivity index (χ2v) is 5.35. The fraction of sp³-hybridized carbons (Fsp3) is 0.286. The van der Waals surface area contributed by atoms with E-state index in [1.165, 1.54) is 16.8 Å². The summed E-state index contributed by atoms with van der Waals surface area (Å²) in [4.78, 5) is 12.1. The van der Waals surface area contributed by atoms with Crippen LogP contribution in [0.2, 0.25) is 0 Å². The van der Waals surface area contributed by atoms with E-state index >= 15 is 0 Å². The van der Waals surface area contributed by atoms with Crippen LogP contribution in [0.4, 0.5) is 10.1 Å². The number of ether oxygens (including phenoxy) is 1. The molecule has 7 heteroatoms. The Balaban J connectivity index is 2.14. The second-order valence-electron chi connectivity index (χ2n) is 4.50. The topological polar surface area (TPSA) is 70.1 Å². The van der Waals surface area contributed by atoms with Gasteiger partial charge in [-0.05, 0) is 18.6 Å². The van der Waals surface area contributed by atoms with Crippen LogP contribution >= 0.6 is 15.9 Å². The molecule has 0 fully saturated rings. The predicted molar refractivity (Wildman–Crippen MR) is 80.2 cm³/mol. The van der Waals surface area contributed by atoms with Gasteiger partial charge >= 0.3 is 5.97 Å². The molecule has 0 bridgehead atoms. The van der Waals surface area contributed by atoms with Gasteiger partial charge in [0.2, 0.25) is 0 Å². The molecule has 2 aromatic rings. The van der Waals surface area contributed by atoms with E-state index in [4.69, 9.17) is 10.5 Å². The van der Waals surface area contributed by atoms with E-state index in [0.717, 1.165) is 0 Å². The van der Waals surface area contributed by atoms with Crippen LogP contribution in [-0.2, 0) is 24.8 Å². The number of anilines is 1. The molecule has 2 rings (SSSR count). The van der Waals surface area contributed by atoms with Crippen molar-refractivity contribution in [1.82, 2.24) is 9.78 Å². The van der Waals surface area contributed by atoms with Crippen molar-refractivity contribution in [3.8, 4) is 0 Å². The van der Waals surface area contributed by atoms with Crippen LogP contribution in [0.1, 0.15) is 28.7 Å². The molecule has 0 spiro atoms. The monoisotopic (exact) mass is 355 g/mol. The number of halogens is 2. The summed E-state index contributed by atoms with van der Waals surface area (Å²) in [6.07, 6.45) is 0.635. The standard InChI is InChI=1S/C14H15BrFN3O2/c1-3-11-12(17)13(19(2)18-11)14(20)21-7-8-4-5-9(16)6-10(8)15/h4-6H,3,7,17H2,1-2H3. The van der Waals surface area contributed by atoms with Crippen LogP contribution in [0, 0.1) is 5.82 Å². The molecule has 0 saturated heterocycles. The molecule has 1 aromatic carbocycles. The first-order valence-electron chi connectivity index (χ1n) is 6.36. The molecule has 5 nitrogen and oxygen atoms in total. The highest BCUT2D eigenvalue weighted by Crippen LogP contribution is 2.21. The minimum absolute atomic E-state index is 0.0196. The highest BCUT2D eigenvalue weighted by Gasteiger charge is 2.20. The number of hydrogen-bond acceptors (Lipinski definition) is 4. The Labute approximate surface area is 130 Å². The van der Waals surface area contributed by atoms with Crippen LogP contribution in [-0.4, -0.2) is 15.7 Å². The van der Waals surface area contributed by atoms with E-state index < -0.39 is 5.97 Å². The maximum Gasteiger partial charge on any atom is 0.359 e. The lowest BCUT2D eigenvalue weighted by Gasteiger charge is -2.07. The van der Waals surface area contributed by atoms with Crippen LogP contribution < -0.4 is 5.73 Å². The quantitative estimate of drug-likeness (QED) is 0.856. The summed E-state index contributed by atoms with van der Waals surface area (Å²) >= 11 is 3.22. The highest BCUT2D eigenvalue weighted by atomic mass is 79.9. The highest BCUT2D eigenvalue weighted by molar-refractivity contribution is 9.10. The summed E-state index contributed by atoms with van der Waals surface area (Å²) in [7, 11) is 1.64. The van der Waals surface area contributed by atoms with Gasteiger partial charge in [-0.15, -0.1) is 0 Å². The van der Waals surface area contributed by atoms with Gasteiger partial charge in [0.05, 0.1) is 11.4 Å². The SMILES string of the molecule is CCc1nn(C)c(C(=O)OCc2ccc(F)cc2Br)c1N. The van der Waals surface area contributed by atoms with Gasteiger partial charge in [0.15, 0.2) is 5.69 Å². The fourth-order valence-electron chi connectivity index (χ4n) is 1.95. The van der Waals surface area contributed by atoms with Crippen molar-refractivity contribution in [1.29, 1.82) is 0 Å². The van der Waals surface area contributed by atoms with Crippen molar-refractivity contribution in [3.05, 3.63) is 45.4 Å². The summed E-state index contributed by atoms with van der Waals surface area (Å²) in [5, 5.41) is 4.17. The van der Waals surface area contributed by atoms with E-state index in [9.17, 15) is 9.18 Å². The molecule has 0 radical (unpaired) electrons. The van der Waals surface area contributed by atoms with Gasteiger partial charge in [0.25, 0.3) is 0 Å². The Hall–Kier alpha value is -1.89. The van der Waals surface area contributed by atoms with Crippen LogP contribution in [0.5, 0.6) is 0 Å². The van der Waals surface area contributed by atoms with Crippen molar-refractivity contribution < 1.29 is 13.9 Å². The normalized spacial score (nSPS) is 10.7. The summed E-state index contributed by atoms with van der Waals surface area (Å²) in [5.74, 6) is -0.918. The number of aryl methyl sites for hydroxylation is 2. The first-order valence-corrected chi connectivity index (χ1v) is 7.15. The first kappa shape index (κ1) is 15.5. The molecule has 0 aliphatic rings. The van der Waals surface area contributed by atoms with E-state index in [-0.39, 0.29) is 18.1 Å². The van der Waals surface area contributed by atoms with Gasteiger partial charge in [-0.3, -0.25) is 4.68 Å². The number of rotatable bonds is 4. The molecular formula is C14H15BrFN3O2. The predicted octanol–water partition coefficient (Wildman–Crippen LogP) is 2.82. The zero-order valence-corrected chi connectivity index (χ0v) is 13.3. The van der Waals surface area contributed by atoms with Crippen molar-refractivity contribution in [3.63, 3.8) is 0 Å². The van der Waals surface area contributed by atoms with Crippen molar-refractivity contribution >= 4 is 27.6 Å². The largest absolute Gasteiger partial charge is 0.456 e. The van der Waals surface area contributed by atoms with Gasteiger partial charge in [-0.2, -0.15) is 5.10 Å². The molecule has 0 saturated carbocycles. The molecule has 112 valence electrons. The maximum absolute atomic E-state index is 13.0. The Morgan fingerprint density at radius 3 is 2.81 bits per heavy atom. The van der Waals surface area contributed by atoms with Crippen molar-refractivity contribution in [2.24, 2.45) is 7.05 Å². The number of carbonyl (C=O) groups excluding carboxylic acids is 1. The number of aromatic nitrogens is 2. The zero-order valence-electron chi connectivity index (χ0n) is 11.7. The number of esters is 1. The third-order valence-electron chi connectivity index (χ3n) is 3.06. The minimum Gasteiger partial charge on any atom is -0.456 e. The summed E-state index contributed by atoms with van der Waals surface area (Å²) in [6, 6.07) is 4.18. The average Bonchev–Trinajstić information content (AvgIpc) is 2.72. The Bertz CT molecular complexity index is 685. The first-order chi connectivity index (χ1) is 9.93. The van der Waals surface area contributed by atoms with Gasteiger partial charge in [0.1, 0.15) is 12.4 Å². The Morgan fingerprint density at radius 2 is 2.24 bits per heavy atom. The minimum atomic E-state index is -0.557. The number of nitrogen functional groups attached to an aromatic ring is 1. The van der Waals surface area contributed by atoms with E-state index in [2.05, 4.69) is 21.0 Å². The zero-order chi connectivity index (χ0) is 15.6. The lowest BCUT2D eigenvalue weighted by molar-refractivity contribution is 0.0460.